The molecule has 0 atom stereocenters. The number of halogens is 1. The molecule has 0 bridgehead atoms. The van der Waals surface area contributed by atoms with Crippen molar-refractivity contribution in [3.05, 3.63) is 77.0 Å². The Morgan fingerprint density at radius 1 is 1.14 bits per heavy atom. The van der Waals surface area contributed by atoms with Crippen molar-refractivity contribution in [3.8, 4) is 16.9 Å². The molecule has 0 aliphatic carbocycles. The Kier molecular flexibility index (Phi) is 4.79. The highest BCUT2D eigenvalue weighted by molar-refractivity contribution is 9.10. The van der Waals surface area contributed by atoms with Gasteiger partial charge in [-0.1, -0.05) is 28.1 Å². The number of nitrogens with zero attached hydrogens (tertiary/aromatic N) is 5. The fourth-order valence-electron chi connectivity index (χ4n) is 3.01. The van der Waals surface area contributed by atoms with Gasteiger partial charge in [0.1, 0.15) is 18.0 Å². The van der Waals surface area contributed by atoms with Crippen LogP contribution in [0.5, 0.6) is 0 Å². The summed E-state index contributed by atoms with van der Waals surface area (Å²) in [6.45, 7) is 1.93. The summed E-state index contributed by atoms with van der Waals surface area (Å²) < 4.78 is 4.45. The minimum Gasteiger partial charge on any atom is -0.306 e. The van der Waals surface area contributed by atoms with Crippen LogP contribution >= 0.6 is 15.9 Å². The number of carbonyl (C=O) groups is 1. The average Bonchev–Trinajstić information content (AvgIpc) is 3.32. The van der Waals surface area contributed by atoms with Crippen LogP contribution in [-0.2, 0) is 7.05 Å². The van der Waals surface area contributed by atoms with Gasteiger partial charge >= 0.3 is 0 Å². The lowest BCUT2D eigenvalue weighted by atomic mass is 10.1. The summed E-state index contributed by atoms with van der Waals surface area (Å²) in [5.41, 5.74) is 3.18. The largest absolute Gasteiger partial charge is 0.306 e. The van der Waals surface area contributed by atoms with Crippen LogP contribution < -0.4 is 5.32 Å². The summed E-state index contributed by atoms with van der Waals surface area (Å²) in [6, 6.07) is 11.4. The number of aryl methyl sites for hydroxylation is 2. The number of amides is 1. The molecule has 8 heteroatoms. The molecule has 0 aliphatic heterocycles. The summed E-state index contributed by atoms with van der Waals surface area (Å²) in [5, 5.41) is 7.44. The molecule has 0 radical (unpaired) electrons. The van der Waals surface area contributed by atoms with Crippen molar-refractivity contribution in [2.45, 2.75) is 6.92 Å². The van der Waals surface area contributed by atoms with Gasteiger partial charge in [-0.25, -0.2) is 9.97 Å². The van der Waals surface area contributed by atoms with E-state index in [2.05, 4.69) is 36.3 Å². The zero-order valence-electron chi connectivity index (χ0n) is 15.3. The van der Waals surface area contributed by atoms with Gasteiger partial charge in [0.25, 0.3) is 5.91 Å². The van der Waals surface area contributed by atoms with Gasteiger partial charge in [0, 0.05) is 35.7 Å². The summed E-state index contributed by atoms with van der Waals surface area (Å²) in [5.74, 6) is 1.09. The van der Waals surface area contributed by atoms with Crippen LogP contribution in [0.25, 0.3) is 16.9 Å². The van der Waals surface area contributed by atoms with Gasteiger partial charge in [-0.05, 0) is 36.8 Å². The van der Waals surface area contributed by atoms with Gasteiger partial charge < -0.3 is 5.32 Å². The van der Waals surface area contributed by atoms with Gasteiger partial charge in [0.2, 0.25) is 0 Å². The number of hydrogen-bond donors (Lipinski definition) is 1. The number of hydrogen-bond acceptors (Lipinski definition) is 4. The first kappa shape index (κ1) is 18.1. The second kappa shape index (κ2) is 7.40. The molecule has 0 fully saturated rings. The van der Waals surface area contributed by atoms with Crippen LogP contribution in [0.15, 0.2) is 65.8 Å². The smallest absolute Gasteiger partial charge is 0.258 e. The number of pyridine rings is 1. The summed E-state index contributed by atoms with van der Waals surface area (Å²) in [7, 11) is 1.81. The molecule has 3 aromatic heterocycles. The third kappa shape index (κ3) is 3.46. The Bertz CT molecular complexity index is 1110. The van der Waals surface area contributed by atoms with Crippen LogP contribution in [0, 0.1) is 6.92 Å². The molecule has 0 saturated carbocycles. The first-order chi connectivity index (χ1) is 13.5. The van der Waals surface area contributed by atoms with E-state index in [0.29, 0.717) is 17.2 Å². The number of nitrogens with one attached hydrogen (secondary N) is 1. The van der Waals surface area contributed by atoms with E-state index in [9.17, 15) is 4.79 Å². The lowest BCUT2D eigenvalue weighted by molar-refractivity contribution is 0.102. The van der Waals surface area contributed by atoms with Gasteiger partial charge in [0.15, 0.2) is 0 Å². The molecule has 0 spiro atoms. The molecule has 7 nitrogen and oxygen atoms in total. The Morgan fingerprint density at radius 2 is 1.93 bits per heavy atom. The van der Waals surface area contributed by atoms with Crippen molar-refractivity contribution in [1.29, 1.82) is 0 Å². The van der Waals surface area contributed by atoms with Gasteiger partial charge in [-0.15, -0.1) is 0 Å². The van der Waals surface area contributed by atoms with E-state index >= 15 is 0 Å². The summed E-state index contributed by atoms with van der Waals surface area (Å²) in [6.07, 6.45) is 6.68. The number of aromatic nitrogens is 5. The molecule has 4 aromatic rings. The van der Waals surface area contributed by atoms with Gasteiger partial charge in [-0.2, -0.15) is 5.10 Å². The summed E-state index contributed by atoms with van der Waals surface area (Å²) >= 11 is 3.45. The first-order valence-electron chi connectivity index (χ1n) is 8.58. The number of anilines is 1. The highest BCUT2D eigenvalue weighted by Crippen LogP contribution is 2.32. The molecule has 0 aliphatic rings. The van der Waals surface area contributed by atoms with Crippen molar-refractivity contribution in [2.75, 3.05) is 5.32 Å². The highest BCUT2D eigenvalue weighted by atomic mass is 79.9. The predicted octanol–water partition coefficient (Wildman–Crippen LogP) is 3.99. The number of benzene rings is 1. The lowest BCUT2D eigenvalue weighted by Crippen LogP contribution is -2.15. The van der Waals surface area contributed by atoms with E-state index in [0.717, 1.165) is 21.3 Å². The number of imidazole rings is 1. The fourth-order valence-corrected chi connectivity index (χ4v) is 3.28. The van der Waals surface area contributed by atoms with Crippen LogP contribution in [0.2, 0.25) is 0 Å². The standard InChI is InChI=1S/C20H17BrN6O/c1-13-18(14-3-6-16(21)7-4-14)19(26(2)25-13)24-20(28)15-5-8-17(23-11-15)27-10-9-22-12-27/h3-12H,1-2H3,(H,24,28). The van der Waals surface area contributed by atoms with Crippen molar-refractivity contribution in [3.63, 3.8) is 0 Å². The SMILES string of the molecule is Cc1nn(C)c(NC(=O)c2ccc(-n3ccnc3)nc2)c1-c1ccc(Br)cc1. The van der Waals surface area contributed by atoms with Crippen molar-refractivity contribution in [1.82, 2.24) is 24.3 Å². The zero-order chi connectivity index (χ0) is 19.7. The Morgan fingerprint density at radius 3 is 2.57 bits per heavy atom. The third-order valence-corrected chi connectivity index (χ3v) is 4.89. The van der Waals surface area contributed by atoms with Crippen LogP contribution in [-0.4, -0.2) is 30.2 Å². The third-order valence-electron chi connectivity index (χ3n) is 4.37. The monoisotopic (exact) mass is 436 g/mol. The molecule has 4 rings (SSSR count). The normalized spacial score (nSPS) is 10.8. The molecule has 1 N–H and O–H groups in total. The van der Waals surface area contributed by atoms with Crippen molar-refractivity contribution >= 4 is 27.7 Å². The maximum atomic E-state index is 12.8. The molecule has 3 heterocycles. The van der Waals surface area contributed by atoms with Crippen LogP contribution in [0.1, 0.15) is 16.1 Å². The Hall–Kier alpha value is -3.26. The van der Waals surface area contributed by atoms with E-state index < -0.39 is 0 Å². The molecule has 1 amide bonds. The minimum absolute atomic E-state index is 0.244. The highest BCUT2D eigenvalue weighted by Gasteiger charge is 2.18. The second-order valence-electron chi connectivity index (χ2n) is 6.27. The van der Waals surface area contributed by atoms with E-state index in [4.69, 9.17) is 0 Å². The molecule has 1 aromatic carbocycles. The van der Waals surface area contributed by atoms with Crippen molar-refractivity contribution < 1.29 is 4.79 Å². The molecule has 28 heavy (non-hydrogen) atoms. The predicted molar refractivity (Wildman–Crippen MR) is 110 cm³/mol. The molecule has 0 saturated heterocycles. The summed E-state index contributed by atoms with van der Waals surface area (Å²) in [4.78, 5) is 21.1. The average molecular weight is 437 g/mol. The maximum Gasteiger partial charge on any atom is 0.258 e. The minimum atomic E-state index is -0.244. The molecular formula is C20H17BrN6O. The first-order valence-corrected chi connectivity index (χ1v) is 9.37. The molecular weight excluding hydrogens is 420 g/mol. The lowest BCUT2D eigenvalue weighted by Gasteiger charge is -2.10. The van der Waals surface area contributed by atoms with Gasteiger partial charge in [0.05, 0.1) is 11.3 Å². The Labute approximate surface area is 170 Å². The molecule has 0 unspecified atom stereocenters. The van der Waals surface area contributed by atoms with E-state index in [1.165, 1.54) is 0 Å². The number of rotatable bonds is 4. The zero-order valence-corrected chi connectivity index (χ0v) is 16.9. The molecule has 140 valence electrons. The van der Waals surface area contributed by atoms with Gasteiger partial charge in [-0.3, -0.25) is 14.0 Å². The maximum absolute atomic E-state index is 12.8. The Balaban J connectivity index is 1.62. The quantitative estimate of drug-likeness (QED) is 0.524. The van der Waals surface area contributed by atoms with Crippen molar-refractivity contribution in [2.24, 2.45) is 7.05 Å². The number of carbonyl (C=O) groups excluding carboxylic acids is 1. The topological polar surface area (TPSA) is 77.6 Å². The van der Waals surface area contributed by atoms with Crippen LogP contribution in [0.3, 0.4) is 0 Å². The van der Waals surface area contributed by atoms with E-state index in [-0.39, 0.29) is 5.91 Å². The van der Waals surface area contributed by atoms with Crippen LogP contribution in [0.4, 0.5) is 5.82 Å². The van der Waals surface area contributed by atoms with E-state index in [1.807, 2.05) is 38.2 Å². The fraction of sp³-hybridized carbons (Fsp3) is 0.100. The second-order valence-corrected chi connectivity index (χ2v) is 7.18. The van der Waals surface area contributed by atoms with E-state index in [1.54, 1.807) is 46.3 Å².